The van der Waals surface area contributed by atoms with Crippen LogP contribution in [-0.2, 0) is 7.05 Å². The molecule has 0 saturated carbocycles. The van der Waals surface area contributed by atoms with Gasteiger partial charge in [0.05, 0.1) is 12.6 Å². The fraction of sp³-hybridized carbons (Fsp3) is 0.462. The molecule has 0 spiro atoms. The van der Waals surface area contributed by atoms with E-state index in [9.17, 15) is 9.90 Å². The highest BCUT2D eigenvalue weighted by Gasteiger charge is 2.26. The molecular weight excluding hydrogens is 244 g/mol. The van der Waals surface area contributed by atoms with Crippen molar-refractivity contribution in [2.45, 2.75) is 18.9 Å². The van der Waals surface area contributed by atoms with Crippen molar-refractivity contribution in [3.05, 3.63) is 28.7 Å². The summed E-state index contributed by atoms with van der Waals surface area (Å²) in [7, 11) is 1.70. The molecule has 3 heterocycles. The summed E-state index contributed by atoms with van der Waals surface area (Å²) in [6, 6.07) is 3.32. The molecule has 100 valence electrons. The molecule has 0 aromatic carbocycles. The lowest BCUT2D eigenvalue weighted by Crippen LogP contribution is -2.33. The number of pyridine rings is 1. The van der Waals surface area contributed by atoms with E-state index in [2.05, 4.69) is 9.97 Å². The van der Waals surface area contributed by atoms with Gasteiger partial charge < -0.3 is 10.0 Å². The van der Waals surface area contributed by atoms with Crippen molar-refractivity contribution >= 4 is 17.0 Å². The van der Waals surface area contributed by atoms with Crippen LogP contribution in [-0.4, -0.2) is 38.8 Å². The van der Waals surface area contributed by atoms with E-state index in [-0.39, 0.29) is 18.2 Å². The fourth-order valence-electron chi connectivity index (χ4n) is 2.56. The van der Waals surface area contributed by atoms with Gasteiger partial charge in [0.1, 0.15) is 5.65 Å². The summed E-state index contributed by atoms with van der Waals surface area (Å²) < 4.78 is 1.52. The highest BCUT2D eigenvalue weighted by molar-refractivity contribution is 5.75. The van der Waals surface area contributed by atoms with E-state index < -0.39 is 0 Å². The van der Waals surface area contributed by atoms with Gasteiger partial charge in [-0.05, 0) is 18.9 Å². The molecule has 1 aliphatic rings. The third kappa shape index (κ3) is 1.98. The van der Waals surface area contributed by atoms with E-state index in [4.69, 9.17) is 0 Å². The molecule has 1 atom stereocenters. The zero-order valence-corrected chi connectivity index (χ0v) is 10.8. The Morgan fingerprint density at radius 1 is 1.47 bits per heavy atom. The molecule has 1 N–H and O–H groups in total. The molecule has 1 aliphatic heterocycles. The van der Waals surface area contributed by atoms with Gasteiger partial charge in [0.15, 0.2) is 0 Å². The van der Waals surface area contributed by atoms with Crippen molar-refractivity contribution in [2.24, 2.45) is 7.05 Å². The number of rotatable bonds is 2. The van der Waals surface area contributed by atoms with Crippen LogP contribution in [0.5, 0.6) is 0 Å². The molecule has 3 rings (SSSR count). The van der Waals surface area contributed by atoms with Crippen LogP contribution in [0.1, 0.15) is 12.8 Å². The van der Waals surface area contributed by atoms with Gasteiger partial charge in [0.2, 0.25) is 5.95 Å². The number of anilines is 1. The van der Waals surface area contributed by atoms with Gasteiger partial charge in [-0.25, -0.2) is 4.98 Å². The van der Waals surface area contributed by atoms with E-state index in [1.807, 2.05) is 4.90 Å². The molecule has 0 radical (unpaired) electrons. The molecule has 0 aliphatic carbocycles. The summed E-state index contributed by atoms with van der Waals surface area (Å²) in [5.41, 5.74) is 0.540. The van der Waals surface area contributed by atoms with E-state index in [1.54, 1.807) is 19.3 Å². The van der Waals surface area contributed by atoms with Gasteiger partial charge in [-0.3, -0.25) is 9.36 Å². The lowest BCUT2D eigenvalue weighted by molar-refractivity contribution is 0.265. The Morgan fingerprint density at radius 2 is 2.32 bits per heavy atom. The lowest BCUT2D eigenvalue weighted by atomic mass is 10.2. The second-order valence-electron chi connectivity index (χ2n) is 4.85. The summed E-state index contributed by atoms with van der Waals surface area (Å²) >= 11 is 0. The summed E-state index contributed by atoms with van der Waals surface area (Å²) in [4.78, 5) is 22.5. The predicted molar refractivity (Wildman–Crippen MR) is 72.2 cm³/mol. The highest BCUT2D eigenvalue weighted by Crippen LogP contribution is 2.23. The monoisotopic (exact) mass is 260 g/mol. The number of aliphatic hydroxyl groups is 1. The molecule has 0 bridgehead atoms. The Bertz CT molecular complexity index is 667. The number of nitrogens with zero attached hydrogens (tertiary/aromatic N) is 4. The molecule has 2 aromatic rings. The van der Waals surface area contributed by atoms with Crippen molar-refractivity contribution in [3.8, 4) is 0 Å². The zero-order chi connectivity index (χ0) is 13.4. The quantitative estimate of drug-likeness (QED) is 0.840. The number of hydrogen-bond acceptors (Lipinski definition) is 5. The summed E-state index contributed by atoms with van der Waals surface area (Å²) in [5.74, 6) is 0.588. The average Bonchev–Trinajstić information content (AvgIpc) is 2.91. The standard InChI is InChI=1S/C13H16N4O2/c1-16-11(19)5-4-9-7-14-13(15-12(9)16)17-6-2-3-10(17)8-18/h4-5,7,10,18H,2-3,6,8H2,1H3/t10-/m0/s1. The van der Waals surface area contributed by atoms with Crippen LogP contribution in [0.4, 0.5) is 5.95 Å². The highest BCUT2D eigenvalue weighted by atomic mass is 16.3. The van der Waals surface area contributed by atoms with E-state index in [0.717, 1.165) is 24.8 Å². The minimum atomic E-state index is -0.0859. The largest absolute Gasteiger partial charge is 0.394 e. The van der Waals surface area contributed by atoms with E-state index in [1.165, 1.54) is 10.6 Å². The van der Waals surface area contributed by atoms with Gasteiger partial charge in [0, 0.05) is 31.2 Å². The average molecular weight is 260 g/mol. The van der Waals surface area contributed by atoms with Crippen LogP contribution in [0.25, 0.3) is 11.0 Å². The van der Waals surface area contributed by atoms with Gasteiger partial charge >= 0.3 is 0 Å². The van der Waals surface area contributed by atoms with Crippen LogP contribution < -0.4 is 10.5 Å². The topological polar surface area (TPSA) is 71.2 Å². The van der Waals surface area contributed by atoms with Gasteiger partial charge in [-0.2, -0.15) is 4.98 Å². The number of hydrogen-bond donors (Lipinski definition) is 1. The van der Waals surface area contributed by atoms with Crippen molar-refractivity contribution in [1.29, 1.82) is 0 Å². The molecule has 1 fully saturated rings. The molecule has 1 saturated heterocycles. The van der Waals surface area contributed by atoms with Crippen molar-refractivity contribution in [3.63, 3.8) is 0 Å². The smallest absolute Gasteiger partial charge is 0.251 e. The van der Waals surface area contributed by atoms with Crippen LogP contribution in [0, 0.1) is 0 Å². The molecule has 19 heavy (non-hydrogen) atoms. The fourth-order valence-corrected chi connectivity index (χ4v) is 2.56. The first-order valence-corrected chi connectivity index (χ1v) is 6.41. The maximum absolute atomic E-state index is 11.6. The minimum Gasteiger partial charge on any atom is -0.394 e. The van der Waals surface area contributed by atoms with Crippen LogP contribution in [0.15, 0.2) is 23.1 Å². The SMILES string of the molecule is Cn1c(=O)ccc2cnc(N3CCC[C@H]3CO)nc21. The van der Waals surface area contributed by atoms with Crippen molar-refractivity contribution < 1.29 is 5.11 Å². The maximum atomic E-state index is 11.6. The Balaban J connectivity index is 2.11. The maximum Gasteiger partial charge on any atom is 0.251 e. The van der Waals surface area contributed by atoms with Gasteiger partial charge in [0.25, 0.3) is 5.56 Å². The Labute approximate surface area is 110 Å². The summed E-state index contributed by atoms with van der Waals surface area (Å²) in [6.45, 7) is 0.951. The van der Waals surface area contributed by atoms with Crippen LogP contribution in [0.2, 0.25) is 0 Å². The minimum absolute atomic E-state index is 0.0817. The van der Waals surface area contributed by atoms with Crippen molar-refractivity contribution in [2.75, 3.05) is 18.1 Å². The molecular formula is C13H16N4O2. The third-order valence-corrected chi connectivity index (χ3v) is 3.68. The molecule has 0 unspecified atom stereocenters. The van der Waals surface area contributed by atoms with Gasteiger partial charge in [-0.15, -0.1) is 0 Å². The number of aromatic nitrogens is 3. The normalized spacial score (nSPS) is 19.3. The zero-order valence-electron chi connectivity index (χ0n) is 10.8. The van der Waals surface area contributed by atoms with E-state index >= 15 is 0 Å². The first-order valence-electron chi connectivity index (χ1n) is 6.41. The van der Waals surface area contributed by atoms with Crippen LogP contribution >= 0.6 is 0 Å². The summed E-state index contributed by atoms with van der Waals surface area (Å²) in [6.07, 6.45) is 3.70. The molecule has 6 nitrogen and oxygen atoms in total. The Kier molecular flexibility index (Phi) is 2.94. The van der Waals surface area contributed by atoms with E-state index in [0.29, 0.717) is 11.6 Å². The van der Waals surface area contributed by atoms with Gasteiger partial charge in [-0.1, -0.05) is 0 Å². The lowest BCUT2D eigenvalue weighted by Gasteiger charge is -2.23. The Hall–Kier alpha value is -1.95. The summed E-state index contributed by atoms with van der Waals surface area (Å²) in [5, 5.41) is 10.2. The second-order valence-corrected chi connectivity index (χ2v) is 4.85. The number of aliphatic hydroxyl groups excluding tert-OH is 1. The second kappa shape index (κ2) is 4.62. The first kappa shape index (κ1) is 12.1. The Morgan fingerprint density at radius 3 is 3.11 bits per heavy atom. The first-order chi connectivity index (χ1) is 9.20. The molecule has 6 heteroatoms. The number of fused-ring (bicyclic) bond motifs is 1. The number of aryl methyl sites for hydroxylation is 1. The van der Waals surface area contributed by atoms with Crippen molar-refractivity contribution in [1.82, 2.24) is 14.5 Å². The molecule has 2 aromatic heterocycles. The van der Waals surface area contributed by atoms with Crippen LogP contribution in [0.3, 0.4) is 0 Å². The third-order valence-electron chi connectivity index (χ3n) is 3.68. The predicted octanol–water partition coefficient (Wildman–Crippen LogP) is 0.290. The molecule has 0 amide bonds.